The van der Waals surface area contributed by atoms with Gasteiger partial charge >= 0.3 is 0 Å². The van der Waals surface area contributed by atoms with Crippen molar-refractivity contribution in [2.45, 2.75) is 65.1 Å². The number of aryl methyl sites for hydroxylation is 1. The van der Waals surface area contributed by atoms with Crippen LogP contribution in [-0.4, -0.2) is 36.2 Å². The summed E-state index contributed by atoms with van der Waals surface area (Å²) in [6, 6.07) is 0.489. The van der Waals surface area contributed by atoms with E-state index >= 15 is 0 Å². The molecule has 1 spiro atoms. The summed E-state index contributed by atoms with van der Waals surface area (Å²) in [7, 11) is 0. The summed E-state index contributed by atoms with van der Waals surface area (Å²) in [5.41, 5.74) is 0.351. The normalized spacial score (nSPS) is 24.7. The zero-order chi connectivity index (χ0) is 16.3. The Morgan fingerprint density at radius 1 is 1.46 bits per heavy atom. The van der Waals surface area contributed by atoms with Crippen molar-refractivity contribution in [2.75, 3.05) is 13.2 Å². The molecular weight excluding hydrogens is 435 g/mol. The highest BCUT2D eigenvalue weighted by atomic mass is 127. The minimum atomic E-state index is 0. The van der Waals surface area contributed by atoms with Crippen LogP contribution in [-0.2, 0) is 11.3 Å². The number of nitrogens with zero attached hydrogens (tertiary/aromatic N) is 2. The number of hydrogen-bond acceptors (Lipinski definition) is 4. The molecule has 0 amide bonds. The fraction of sp³-hybridized carbons (Fsp3) is 0.765. The smallest absolute Gasteiger partial charge is 0.191 e. The Labute approximate surface area is 166 Å². The molecule has 2 N–H and O–H groups in total. The molecular formula is C17H29IN4OS. The Balaban J connectivity index is 0.00000208. The number of guanidine groups is 1. The van der Waals surface area contributed by atoms with Crippen molar-refractivity contribution in [3.8, 4) is 0 Å². The monoisotopic (exact) mass is 464 g/mol. The zero-order valence-corrected chi connectivity index (χ0v) is 17.9. The summed E-state index contributed by atoms with van der Waals surface area (Å²) in [6.07, 6.45) is 7.32. The molecule has 3 rings (SSSR count). The van der Waals surface area contributed by atoms with E-state index in [1.807, 2.05) is 6.20 Å². The van der Waals surface area contributed by atoms with Gasteiger partial charge in [0.05, 0.1) is 12.6 Å². The van der Waals surface area contributed by atoms with Gasteiger partial charge < -0.3 is 15.4 Å². The minimum Gasteiger partial charge on any atom is -0.378 e. The molecule has 1 aromatic heterocycles. The first-order valence-corrected chi connectivity index (χ1v) is 9.57. The van der Waals surface area contributed by atoms with Crippen LogP contribution < -0.4 is 10.6 Å². The predicted octanol–water partition coefficient (Wildman–Crippen LogP) is 3.47. The van der Waals surface area contributed by atoms with E-state index < -0.39 is 0 Å². The quantitative estimate of drug-likeness (QED) is 0.385. The molecule has 24 heavy (non-hydrogen) atoms. The molecule has 0 radical (unpaired) electrons. The van der Waals surface area contributed by atoms with E-state index in [2.05, 4.69) is 36.4 Å². The van der Waals surface area contributed by atoms with Crippen LogP contribution in [0.5, 0.6) is 0 Å². The van der Waals surface area contributed by atoms with Crippen LogP contribution in [0.2, 0.25) is 0 Å². The summed E-state index contributed by atoms with van der Waals surface area (Å²) < 4.78 is 5.93. The first kappa shape index (κ1) is 19.9. The minimum absolute atomic E-state index is 0. The number of ether oxygens (including phenoxy) is 1. The van der Waals surface area contributed by atoms with Crippen molar-refractivity contribution < 1.29 is 4.74 Å². The topological polar surface area (TPSA) is 58.5 Å². The molecule has 2 aliphatic rings. The van der Waals surface area contributed by atoms with E-state index in [0.717, 1.165) is 30.5 Å². The van der Waals surface area contributed by atoms with Gasteiger partial charge in [0, 0.05) is 35.7 Å². The molecule has 1 heterocycles. The van der Waals surface area contributed by atoms with E-state index in [1.165, 1.54) is 24.1 Å². The SMILES string of the molecule is CCNC(=NCc1ncc(C)s1)NC1CC(OCC)C12CCC2.I. The van der Waals surface area contributed by atoms with E-state index in [1.54, 1.807) is 11.3 Å². The van der Waals surface area contributed by atoms with E-state index in [9.17, 15) is 0 Å². The summed E-state index contributed by atoms with van der Waals surface area (Å²) in [5.74, 6) is 0.909. The highest BCUT2D eigenvalue weighted by Crippen LogP contribution is 2.57. The molecule has 1 aromatic rings. The summed E-state index contributed by atoms with van der Waals surface area (Å²) >= 11 is 1.72. The van der Waals surface area contributed by atoms with Crippen molar-refractivity contribution in [2.24, 2.45) is 10.4 Å². The number of aromatic nitrogens is 1. The lowest BCUT2D eigenvalue weighted by atomic mass is 9.51. The number of nitrogens with one attached hydrogen (secondary N) is 2. The van der Waals surface area contributed by atoms with Gasteiger partial charge in [-0.15, -0.1) is 35.3 Å². The lowest BCUT2D eigenvalue weighted by Crippen LogP contribution is -2.68. The lowest BCUT2D eigenvalue weighted by Gasteiger charge is -2.61. The third-order valence-electron chi connectivity index (χ3n) is 5.13. The largest absolute Gasteiger partial charge is 0.378 e. The van der Waals surface area contributed by atoms with Crippen molar-refractivity contribution in [1.29, 1.82) is 0 Å². The van der Waals surface area contributed by atoms with Gasteiger partial charge in [-0.2, -0.15) is 0 Å². The first-order valence-electron chi connectivity index (χ1n) is 8.75. The molecule has 5 nitrogen and oxygen atoms in total. The number of thiazole rings is 1. The van der Waals surface area contributed by atoms with E-state index in [0.29, 0.717) is 24.1 Å². The maximum atomic E-state index is 5.93. The van der Waals surface area contributed by atoms with Crippen LogP contribution in [0.3, 0.4) is 0 Å². The van der Waals surface area contributed by atoms with Crippen LogP contribution in [0.15, 0.2) is 11.2 Å². The Kier molecular flexibility index (Phi) is 7.30. The fourth-order valence-electron chi connectivity index (χ4n) is 3.75. The van der Waals surface area contributed by atoms with Gasteiger partial charge in [0.15, 0.2) is 5.96 Å². The second-order valence-electron chi connectivity index (χ2n) is 6.52. The molecule has 0 aromatic carbocycles. The predicted molar refractivity (Wildman–Crippen MR) is 110 cm³/mol. The van der Waals surface area contributed by atoms with Gasteiger partial charge in [-0.05, 0) is 40.0 Å². The maximum absolute atomic E-state index is 5.93. The van der Waals surface area contributed by atoms with Crippen molar-refractivity contribution >= 4 is 41.3 Å². The van der Waals surface area contributed by atoms with Crippen LogP contribution in [0.4, 0.5) is 0 Å². The number of halogens is 1. The molecule has 0 aliphatic heterocycles. The Bertz CT molecular complexity index is 559. The van der Waals surface area contributed by atoms with Crippen LogP contribution >= 0.6 is 35.3 Å². The molecule has 7 heteroatoms. The highest BCUT2D eigenvalue weighted by Gasteiger charge is 2.59. The average molecular weight is 464 g/mol. The van der Waals surface area contributed by atoms with Gasteiger partial charge in [-0.1, -0.05) is 6.42 Å². The molecule has 2 unspecified atom stereocenters. The second kappa shape index (κ2) is 8.80. The van der Waals surface area contributed by atoms with Gasteiger partial charge in [0.1, 0.15) is 5.01 Å². The molecule has 2 saturated carbocycles. The summed E-state index contributed by atoms with van der Waals surface area (Å²) in [6.45, 7) is 8.61. The maximum Gasteiger partial charge on any atom is 0.191 e. The molecule has 136 valence electrons. The van der Waals surface area contributed by atoms with Crippen LogP contribution in [0, 0.1) is 12.3 Å². The third-order valence-corrected chi connectivity index (χ3v) is 6.03. The number of rotatable bonds is 6. The Morgan fingerprint density at radius 2 is 2.25 bits per heavy atom. The third kappa shape index (κ3) is 4.04. The standard InChI is InChI=1S/C17H28N4OS.HI/c1-4-18-16(20-11-15-19-10-12(3)23-15)21-13-9-14(22-5-2)17(13)7-6-8-17;/h10,13-14H,4-9,11H2,1-3H3,(H2,18,20,21);1H. The first-order chi connectivity index (χ1) is 11.2. The lowest BCUT2D eigenvalue weighted by molar-refractivity contribution is -0.168. The van der Waals surface area contributed by atoms with Gasteiger partial charge in [-0.25, -0.2) is 9.98 Å². The van der Waals surface area contributed by atoms with Crippen LogP contribution in [0.1, 0.15) is 49.4 Å². The molecule has 2 aliphatic carbocycles. The van der Waals surface area contributed by atoms with Gasteiger partial charge in [0.2, 0.25) is 0 Å². The molecule has 0 bridgehead atoms. The molecule has 2 fully saturated rings. The van der Waals surface area contributed by atoms with E-state index in [4.69, 9.17) is 9.73 Å². The summed E-state index contributed by atoms with van der Waals surface area (Å²) in [5, 5.41) is 8.08. The Morgan fingerprint density at radius 3 is 2.79 bits per heavy atom. The Hall–Kier alpha value is -0.410. The average Bonchev–Trinajstić information content (AvgIpc) is 2.87. The van der Waals surface area contributed by atoms with Gasteiger partial charge in [0.25, 0.3) is 0 Å². The summed E-state index contributed by atoms with van der Waals surface area (Å²) in [4.78, 5) is 10.3. The van der Waals surface area contributed by atoms with Crippen LogP contribution in [0.25, 0.3) is 0 Å². The van der Waals surface area contributed by atoms with Crippen molar-refractivity contribution in [1.82, 2.24) is 15.6 Å². The molecule has 2 atom stereocenters. The van der Waals surface area contributed by atoms with Crippen molar-refractivity contribution in [3.63, 3.8) is 0 Å². The molecule has 0 saturated heterocycles. The zero-order valence-electron chi connectivity index (χ0n) is 14.8. The number of hydrogen-bond donors (Lipinski definition) is 2. The number of aliphatic imine (C=N–C) groups is 1. The fourth-order valence-corrected chi connectivity index (χ4v) is 4.46. The van der Waals surface area contributed by atoms with Gasteiger partial charge in [-0.3, -0.25) is 0 Å². The second-order valence-corrected chi connectivity index (χ2v) is 7.84. The van der Waals surface area contributed by atoms with E-state index in [-0.39, 0.29) is 24.0 Å². The van der Waals surface area contributed by atoms with Crippen molar-refractivity contribution in [3.05, 3.63) is 16.1 Å². The highest BCUT2D eigenvalue weighted by molar-refractivity contribution is 14.0.